The normalized spacial score (nSPS) is 14.2. The fourth-order valence-electron chi connectivity index (χ4n) is 3.05. The first-order chi connectivity index (χ1) is 12.5. The predicted octanol–water partition coefficient (Wildman–Crippen LogP) is 3.53. The molecule has 26 heavy (non-hydrogen) atoms. The van der Waals surface area contributed by atoms with Gasteiger partial charge >= 0.3 is 0 Å². The van der Waals surface area contributed by atoms with Crippen molar-refractivity contribution in [2.24, 2.45) is 0 Å². The Morgan fingerprint density at radius 3 is 2.69 bits per heavy atom. The van der Waals surface area contributed by atoms with Crippen molar-refractivity contribution in [2.45, 2.75) is 39.2 Å². The molecule has 5 nitrogen and oxygen atoms in total. The number of aryl methyl sites for hydroxylation is 2. The van der Waals surface area contributed by atoms with E-state index in [-0.39, 0.29) is 24.5 Å². The van der Waals surface area contributed by atoms with Gasteiger partial charge in [-0.1, -0.05) is 36.8 Å². The zero-order chi connectivity index (χ0) is 18.5. The van der Waals surface area contributed by atoms with Gasteiger partial charge in [-0.05, 0) is 49.1 Å². The quantitative estimate of drug-likeness (QED) is 0.836. The lowest BCUT2D eigenvalue weighted by Crippen LogP contribution is -2.32. The smallest absolute Gasteiger partial charge is 0.258 e. The molecule has 0 saturated carbocycles. The fraction of sp³-hybridized carbons (Fsp3) is 0.333. The number of hydrogen-bond donors (Lipinski definition) is 2. The minimum atomic E-state index is -0.150. The molecule has 2 N–H and O–H groups in total. The van der Waals surface area contributed by atoms with E-state index in [9.17, 15) is 9.59 Å². The number of anilines is 1. The Morgan fingerprint density at radius 2 is 1.96 bits per heavy atom. The molecule has 0 radical (unpaired) electrons. The number of nitrogens with one attached hydrogen (secondary N) is 2. The molecule has 2 amide bonds. The summed E-state index contributed by atoms with van der Waals surface area (Å²) in [5.41, 5.74) is 4.15. The maximum absolute atomic E-state index is 12.3. The Labute approximate surface area is 153 Å². The van der Waals surface area contributed by atoms with Crippen molar-refractivity contribution in [3.8, 4) is 5.75 Å². The van der Waals surface area contributed by atoms with E-state index in [0.717, 1.165) is 23.2 Å². The highest BCUT2D eigenvalue weighted by Gasteiger charge is 2.16. The first-order valence-electron chi connectivity index (χ1n) is 8.96. The van der Waals surface area contributed by atoms with Crippen LogP contribution < -0.4 is 15.4 Å². The molecule has 1 aliphatic rings. The van der Waals surface area contributed by atoms with E-state index in [1.807, 2.05) is 50.2 Å². The first kappa shape index (κ1) is 18.0. The molecule has 0 spiro atoms. The Balaban J connectivity index is 1.56. The summed E-state index contributed by atoms with van der Waals surface area (Å²) in [6.07, 6.45) is 1.98. The molecule has 0 bridgehead atoms. The molecule has 5 heteroatoms. The third-order valence-electron chi connectivity index (χ3n) is 4.57. The van der Waals surface area contributed by atoms with Gasteiger partial charge in [0.1, 0.15) is 5.75 Å². The van der Waals surface area contributed by atoms with Gasteiger partial charge in [0, 0.05) is 12.1 Å². The van der Waals surface area contributed by atoms with Crippen molar-refractivity contribution in [2.75, 3.05) is 11.9 Å². The van der Waals surface area contributed by atoms with Gasteiger partial charge in [0.15, 0.2) is 6.61 Å². The van der Waals surface area contributed by atoms with Gasteiger partial charge in [0.25, 0.3) is 5.91 Å². The third kappa shape index (κ3) is 4.42. The van der Waals surface area contributed by atoms with Crippen molar-refractivity contribution in [3.05, 3.63) is 59.2 Å². The molecule has 1 unspecified atom stereocenters. The molecule has 3 rings (SSSR count). The highest BCUT2D eigenvalue weighted by Crippen LogP contribution is 2.26. The monoisotopic (exact) mass is 352 g/mol. The summed E-state index contributed by atoms with van der Waals surface area (Å²) in [6, 6.07) is 13.6. The molecule has 2 aromatic carbocycles. The molecule has 136 valence electrons. The van der Waals surface area contributed by atoms with Gasteiger partial charge in [0.05, 0.1) is 6.04 Å². The maximum atomic E-state index is 12.3. The molecule has 0 aromatic heterocycles. The topological polar surface area (TPSA) is 67.4 Å². The third-order valence-corrected chi connectivity index (χ3v) is 4.57. The second-order valence-corrected chi connectivity index (χ2v) is 6.59. The summed E-state index contributed by atoms with van der Waals surface area (Å²) < 4.78 is 5.64. The zero-order valence-electron chi connectivity index (χ0n) is 15.2. The van der Waals surface area contributed by atoms with Crippen LogP contribution in [0.5, 0.6) is 5.75 Å². The van der Waals surface area contributed by atoms with Crippen LogP contribution in [0, 0.1) is 6.92 Å². The van der Waals surface area contributed by atoms with E-state index in [2.05, 4.69) is 10.6 Å². The lowest BCUT2D eigenvalue weighted by atomic mass is 10.0. The number of ether oxygens (including phenoxy) is 1. The van der Waals surface area contributed by atoms with Crippen LogP contribution in [-0.2, 0) is 16.0 Å². The van der Waals surface area contributed by atoms with Gasteiger partial charge in [-0.2, -0.15) is 0 Å². The minimum Gasteiger partial charge on any atom is -0.484 e. The van der Waals surface area contributed by atoms with Crippen LogP contribution in [0.25, 0.3) is 0 Å². The van der Waals surface area contributed by atoms with E-state index in [1.165, 1.54) is 5.56 Å². The number of rotatable bonds is 6. The Bertz CT molecular complexity index is 799. The maximum Gasteiger partial charge on any atom is 0.258 e. The van der Waals surface area contributed by atoms with E-state index < -0.39 is 0 Å². The summed E-state index contributed by atoms with van der Waals surface area (Å²) in [6.45, 7) is 4.05. The summed E-state index contributed by atoms with van der Waals surface area (Å²) in [5, 5.41) is 5.85. The van der Waals surface area contributed by atoms with Gasteiger partial charge in [-0.3, -0.25) is 9.59 Å². The fourth-order valence-corrected chi connectivity index (χ4v) is 3.05. The Kier molecular flexibility index (Phi) is 5.56. The molecule has 1 aliphatic heterocycles. The molecule has 2 aromatic rings. The Hall–Kier alpha value is -2.82. The molecule has 0 saturated heterocycles. The van der Waals surface area contributed by atoms with Crippen molar-refractivity contribution in [1.29, 1.82) is 0 Å². The van der Waals surface area contributed by atoms with Crippen LogP contribution in [0.15, 0.2) is 42.5 Å². The van der Waals surface area contributed by atoms with E-state index in [4.69, 9.17) is 4.74 Å². The van der Waals surface area contributed by atoms with Crippen molar-refractivity contribution < 1.29 is 14.3 Å². The van der Waals surface area contributed by atoms with Crippen LogP contribution in [0.3, 0.4) is 0 Å². The summed E-state index contributed by atoms with van der Waals surface area (Å²) in [5.74, 6) is 0.522. The first-order valence-corrected chi connectivity index (χ1v) is 8.96. The van der Waals surface area contributed by atoms with Gasteiger partial charge < -0.3 is 15.4 Å². The molecule has 1 atom stereocenters. The van der Waals surface area contributed by atoms with E-state index in [1.54, 1.807) is 6.07 Å². The molecular formula is C21H24N2O3. The number of carbonyl (C=O) groups excluding carboxylic acids is 2. The van der Waals surface area contributed by atoms with Gasteiger partial charge in [0.2, 0.25) is 5.91 Å². The average molecular weight is 352 g/mol. The van der Waals surface area contributed by atoms with Crippen LogP contribution in [-0.4, -0.2) is 18.4 Å². The molecule has 0 aliphatic carbocycles. The SMILES string of the molecule is CCC(NC(=O)COc1ccc2c(c1)CCC(=O)N2)c1ccc(C)cc1. The van der Waals surface area contributed by atoms with Gasteiger partial charge in [-0.15, -0.1) is 0 Å². The second kappa shape index (κ2) is 8.04. The largest absolute Gasteiger partial charge is 0.484 e. The Morgan fingerprint density at radius 1 is 1.19 bits per heavy atom. The standard InChI is InChI=1S/C21H24N2O3/c1-3-18(15-6-4-14(2)5-7-15)22-21(25)13-26-17-9-10-19-16(12-17)8-11-20(24)23-19/h4-7,9-10,12,18H,3,8,11,13H2,1-2H3,(H,22,25)(H,23,24). The number of carbonyl (C=O) groups is 2. The predicted molar refractivity (Wildman–Crippen MR) is 101 cm³/mol. The lowest BCUT2D eigenvalue weighted by Gasteiger charge is -2.19. The minimum absolute atomic E-state index is 0.0227. The van der Waals surface area contributed by atoms with Gasteiger partial charge in [-0.25, -0.2) is 0 Å². The zero-order valence-corrected chi connectivity index (χ0v) is 15.2. The molecular weight excluding hydrogens is 328 g/mol. The van der Waals surface area contributed by atoms with Crippen LogP contribution in [0.2, 0.25) is 0 Å². The van der Waals surface area contributed by atoms with Crippen LogP contribution >= 0.6 is 0 Å². The summed E-state index contributed by atoms with van der Waals surface area (Å²) in [7, 11) is 0. The van der Waals surface area contributed by atoms with Crippen molar-refractivity contribution >= 4 is 17.5 Å². The summed E-state index contributed by atoms with van der Waals surface area (Å²) >= 11 is 0. The van der Waals surface area contributed by atoms with Crippen molar-refractivity contribution in [1.82, 2.24) is 5.32 Å². The molecule has 0 fully saturated rings. The number of hydrogen-bond acceptors (Lipinski definition) is 3. The number of amides is 2. The lowest BCUT2D eigenvalue weighted by molar-refractivity contribution is -0.123. The number of fused-ring (bicyclic) bond motifs is 1. The van der Waals surface area contributed by atoms with E-state index in [0.29, 0.717) is 18.6 Å². The second-order valence-electron chi connectivity index (χ2n) is 6.59. The molecule has 1 heterocycles. The highest BCUT2D eigenvalue weighted by atomic mass is 16.5. The highest BCUT2D eigenvalue weighted by molar-refractivity contribution is 5.94. The van der Waals surface area contributed by atoms with Crippen LogP contribution in [0.1, 0.15) is 42.5 Å². The van der Waals surface area contributed by atoms with E-state index >= 15 is 0 Å². The van der Waals surface area contributed by atoms with Crippen molar-refractivity contribution in [3.63, 3.8) is 0 Å². The van der Waals surface area contributed by atoms with Crippen LogP contribution in [0.4, 0.5) is 5.69 Å². The summed E-state index contributed by atoms with van der Waals surface area (Å²) in [4.78, 5) is 23.7. The average Bonchev–Trinajstić information content (AvgIpc) is 2.65. The number of benzene rings is 2.